The summed E-state index contributed by atoms with van der Waals surface area (Å²) in [4.78, 5) is 17.4. The summed E-state index contributed by atoms with van der Waals surface area (Å²) in [5.74, 6) is 0.150. The molecule has 0 saturated carbocycles. The molecule has 0 radical (unpaired) electrons. The average molecular weight is 285 g/mol. The maximum Gasteiger partial charge on any atom is 0.236 e. The number of likely N-dealkylation sites (N-methyl/N-ethyl adjacent to an activating group) is 1. The Bertz CT molecular complexity index is 329. The van der Waals surface area contributed by atoms with Crippen LogP contribution in [0, 0.1) is 0 Å². The van der Waals surface area contributed by atoms with E-state index in [9.17, 15) is 4.79 Å². The van der Waals surface area contributed by atoms with Gasteiger partial charge in [0.2, 0.25) is 5.91 Å². The first-order chi connectivity index (χ1) is 7.65. The fraction of sp³-hybridized carbons (Fsp3) is 0.500. The quantitative estimate of drug-likeness (QED) is 0.777. The van der Waals surface area contributed by atoms with Crippen LogP contribution in [0.4, 0.5) is 0 Å². The minimum absolute atomic E-state index is 0.0602. The number of rotatable bonds is 5. The average Bonchev–Trinajstić information content (AvgIpc) is 2.35. The Hall–Kier alpha value is -0.900. The van der Waals surface area contributed by atoms with Gasteiger partial charge in [-0.05, 0) is 30.5 Å². The largest absolute Gasteiger partial charge is 0.344 e. The topological polar surface area (TPSA) is 33.2 Å². The number of hydrogen-bond donors (Lipinski definition) is 0. The van der Waals surface area contributed by atoms with Crippen molar-refractivity contribution in [2.75, 3.05) is 13.6 Å². The number of amides is 1. The Morgan fingerprint density at radius 1 is 1.50 bits per heavy atom. The molecule has 0 aromatic carbocycles. The van der Waals surface area contributed by atoms with Gasteiger partial charge in [0.05, 0.1) is 4.83 Å². The number of carbonyl (C=O) groups is 1. The number of carbonyl (C=O) groups excluding carboxylic acids is 1. The van der Waals surface area contributed by atoms with E-state index in [1.54, 1.807) is 17.3 Å². The van der Waals surface area contributed by atoms with Crippen LogP contribution >= 0.6 is 15.9 Å². The van der Waals surface area contributed by atoms with Crippen LogP contribution in [0.5, 0.6) is 0 Å². The second kappa shape index (κ2) is 6.63. The third-order valence-corrected chi connectivity index (χ3v) is 3.53. The van der Waals surface area contributed by atoms with Crippen molar-refractivity contribution < 1.29 is 4.79 Å². The SMILES string of the molecule is CCC(Br)C(=O)N(C)CCc1ccncc1. The Kier molecular flexibility index (Phi) is 5.46. The predicted molar refractivity (Wildman–Crippen MR) is 68.6 cm³/mol. The smallest absolute Gasteiger partial charge is 0.236 e. The van der Waals surface area contributed by atoms with Gasteiger partial charge in [0.1, 0.15) is 0 Å². The molecule has 1 unspecified atom stereocenters. The van der Waals surface area contributed by atoms with E-state index in [2.05, 4.69) is 20.9 Å². The van der Waals surface area contributed by atoms with Crippen molar-refractivity contribution in [2.24, 2.45) is 0 Å². The Balaban J connectivity index is 2.41. The van der Waals surface area contributed by atoms with Gasteiger partial charge in [-0.2, -0.15) is 0 Å². The number of halogens is 1. The van der Waals surface area contributed by atoms with E-state index >= 15 is 0 Å². The summed E-state index contributed by atoms with van der Waals surface area (Å²) in [7, 11) is 1.84. The molecule has 88 valence electrons. The van der Waals surface area contributed by atoms with E-state index in [4.69, 9.17) is 0 Å². The van der Waals surface area contributed by atoms with Crippen molar-refractivity contribution >= 4 is 21.8 Å². The van der Waals surface area contributed by atoms with E-state index < -0.39 is 0 Å². The van der Waals surface area contributed by atoms with Gasteiger partial charge in [0, 0.05) is 26.0 Å². The van der Waals surface area contributed by atoms with Crippen molar-refractivity contribution in [1.29, 1.82) is 0 Å². The molecule has 1 amide bonds. The molecule has 0 aliphatic heterocycles. The molecule has 1 aromatic heterocycles. The lowest BCUT2D eigenvalue weighted by Gasteiger charge is -2.19. The second-order valence-corrected chi connectivity index (χ2v) is 4.85. The molecule has 1 aromatic rings. The van der Waals surface area contributed by atoms with Crippen molar-refractivity contribution in [1.82, 2.24) is 9.88 Å². The first-order valence-electron chi connectivity index (χ1n) is 5.43. The number of nitrogens with zero attached hydrogens (tertiary/aromatic N) is 2. The molecule has 0 fully saturated rings. The summed E-state index contributed by atoms with van der Waals surface area (Å²) in [6, 6.07) is 3.95. The molecule has 1 rings (SSSR count). The summed E-state index contributed by atoms with van der Waals surface area (Å²) in [6.45, 7) is 2.74. The summed E-state index contributed by atoms with van der Waals surface area (Å²) < 4.78 is 0. The van der Waals surface area contributed by atoms with Gasteiger partial charge in [-0.1, -0.05) is 22.9 Å². The van der Waals surface area contributed by atoms with Gasteiger partial charge in [-0.3, -0.25) is 9.78 Å². The number of aromatic nitrogens is 1. The third-order valence-electron chi connectivity index (χ3n) is 2.49. The monoisotopic (exact) mass is 284 g/mol. The maximum absolute atomic E-state index is 11.8. The highest BCUT2D eigenvalue weighted by Crippen LogP contribution is 2.08. The van der Waals surface area contributed by atoms with E-state index in [1.807, 2.05) is 26.1 Å². The lowest BCUT2D eigenvalue weighted by molar-refractivity contribution is -0.129. The molecular weight excluding hydrogens is 268 g/mol. The Labute approximate surface area is 105 Å². The van der Waals surface area contributed by atoms with Crippen LogP contribution in [0.15, 0.2) is 24.5 Å². The summed E-state index contributed by atoms with van der Waals surface area (Å²) >= 11 is 3.37. The number of hydrogen-bond acceptors (Lipinski definition) is 2. The Morgan fingerprint density at radius 3 is 2.69 bits per heavy atom. The summed E-state index contributed by atoms with van der Waals surface area (Å²) in [5.41, 5.74) is 1.21. The van der Waals surface area contributed by atoms with Gasteiger partial charge in [-0.25, -0.2) is 0 Å². The van der Waals surface area contributed by atoms with Gasteiger partial charge < -0.3 is 4.90 Å². The van der Waals surface area contributed by atoms with E-state index in [1.165, 1.54) is 5.56 Å². The molecule has 0 aliphatic rings. The molecule has 3 nitrogen and oxygen atoms in total. The molecule has 0 N–H and O–H groups in total. The molecular formula is C12H17BrN2O. The first kappa shape index (κ1) is 13.2. The zero-order valence-corrected chi connectivity index (χ0v) is 11.3. The fourth-order valence-corrected chi connectivity index (χ4v) is 1.72. The zero-order chi connectivity index (χ0) is 12.0. The fourth-order valence-electron chi connectivity index (χ4n) is 1.37. The molecule has 0 aliphatic carbocycles. The van der Waals surface area contributed by atoms with Crippen molar-refractivity contribution in [3.63, 3.8) is 0 Å². The lowest BCUT2D eigenvalue weighted by atomic mass is 10.2. The van der Waals surface area contributed by atoms with E-state index in [0.717, 1.165) is 19.4 Å². The zero-order valence-electron chi connectivity index (χ0n) is 9.69. The highest BCUT2D eigenvalue weighted by atomic mass is 79.9. The minimum Gasteiger partial charge on any atom is -0.344 e. The molecule has 1 heterocycles. The summed E-state index contributed by atoms with van der Waals surface area (Å²) in [5, 5.41) is 0. The second-order valence-electron chi connectivity index (χ2n) is 3.74. The highest BCUT2D eigenvalue weighted by Gasteiger charge is 2.16. The van der Waals surface area contributed by atoms with Gasteiger partial charge in [-0.15, -0.1) is 0 Å². The number of alkyl halides is 1. The van der Waals surface area contributed by atoms with Gasteiger partial charge in [0.25, 0.3) is 0 Å². The molecule has 1 atom stereocenters. The molecule has 0 spiro atoms. The maximum atomic E-state index is 11.8. The standard InChI is InChI=1S/C12H17BrN2O/c1-3-11(13)12(16)15(2)9-6-10-4-7-14-8-5-10/h4-5,7-8,11H,3,6,9H2,1-2H3. The predicted octanol–water partition coefficient (Wildman–Crippen LogP) is 2.26. The first-order valence-corrected chi connectivity index (χ1v) is 6.34. The molecule has 4 heteroatoms. The normalized spacial score (nSPS) is 12.2. The van der Waals surface area contributed by atoms with Crippen LogP contribution in [0.3, 0.4) is 0 Å². The van der Waals surface area contributed by atoms with Crippen molar-refractivity contribution in [2.45, 2.75) is 24.6 Å². The highest BCUT2D eigenvalue weighted by molar-refractivity contribution is 9.10. The molecule has 16 heavy (non-hydrogen) atoms. The summed E-state index contributed by atoms with van der Waals surface area (Å²) in [6.07, 6.45) is 5.24. The van der Waals surface area contributed by atoms with E-state index in [0.29, 0.717) is 0 Å². The number of pyridine rings is 1. The van der Waals surface area contributed by atoms with E-state index in [-0.39, 0.29) is 10.7 Å². The van der Waals surface area contributed by atoms with Crippen LogP contribution in [-0.2, 0) is 11.2 Å². The molecule has 0 bridgehead atoms. The Morgan fingerprint density at radius 2 is 2.12 bits per heavy atom. The van der Waals surface area contributed by atoms with Crippen LogP contribution in [0.1, 0.15) is 18.9 Å². The van der Waals surface area contributed by atoms with Gasteiger partial charge in [0.15, 0.2) is 0 Å². The van der Waals surface area contributed by atoms with Crippen LogP contribution in [-0.4, -0.2) is 34.2 Å². The van der Waals surface area contributed by atoms with Crippen LogP contribution < -0.4 is 0 Å². The van der Waals surface area contributed by atoms with Gasteiger partial charge >= 0.3 is 0 Å². The lowest BCUT2D eigenvalue weighted by Crippen LogP contribution is -2.34. The van der Waals surface area contributed by atoms with Crippen molar-refractivity contribution in [3.8, 4) is 0 Å². The van der Waals surface area contributed by atoms with Crippen molar-refractivity contribution in [3.05, 3.63) is 30.1 Å². The third kappa shape index (κ3) is 3.93. The van der Waals surface area contributed by atoms with Crippen LogP contribution in [0.25, 0.3) is 0 Å². The minimum atomic E-state index is -0.0602. The van der Waals surface area contributed by atoms with Crippen LogP contribution in [0.2, 0.25) is 0 Å². The molecule has 0 saturated heterocycles.